The van der Waals surface area contributed by atoms with E-state index in [1.54, 1.807) is 0 Å². The van der Waals surface area contributed by atoms with Gasteiger partial charge in [-0.05, 0) is 0 Å². The van der Waals surface area contributed by atoms with E-state index in [2.05, 4.69) is 4.98 Å². The van der Waals surface area contributed by atoms with Crippen LogP contribution in [0.4, 0.5) is 5.13 Å². The van der Waals surface area contributed by atoms with Gasteiger partial charge in [-0.2, -0.15) is 0 Å². The monoisotopic (exact) mass is 206 g/mol. The molecule has 12 heavy (non-hydrogen) atoms. The lowest BCUT2D eigenvalue weighted by Gasteiger charge is -1.87. The van der Waals surface area contributed by atoms with E-state index >= 15 is 0 Å². The Morgan fingerprint density at radius 2 is 2.17 bits per heavy atom. The number of Topliss-reactive ketones (excluding diaryl/α,β-unsaturated/α-hetero) is 1. The van der Waals surface area contributed by atoms with Crippen LogP contribution >= 0.6 is 22.9 Å². The number of aromatic nitrogens is 1. The van der Waals surface area contributed by atoms with E-state index < -0.39 is 11.8 Å². The van der Waals surface area contributed by atoms with Crippen molar-refractivity contribution < 1.29 is 14.7 Å². The zero-order valence-electron chi connectivity index (χ0n) is 5.57. The molecule has 0 aliphatic rings. The van der Waals surface area contributed by atoms with E-state index in [0.29, 0.717) is 0 Å². The van der Waals surface area contributed by atoms with Crippen LogP contribution in [0.25, 0.3) is 0 Å². The minimum Gasteiger partial charge on any atom is -0.475 e. The highest BCUT2D eigenvalue weighted by Gasteiger charge is 2.21. The number of rotatable bonds is 2. The van der Waals surface area contributed by atoms with Crippen molar-refractivity contribution in [1.82, 2.24) is 4.98 Å². The zero-order chi connectivity index (χ0) is 9.30. The summed E-state index contributed by atoms with van der Waals surface area (Å²) in [7, 11) is 0. The smallest absolute Gasteiger partial charge is 0.379 e. The Hall–Kier alpha value is -1.14. The van der Waals surface area contributed by atoms with Crippen molar-refractivity contribution in [3.63, 3.8) is 0 Å². The number of hydrogen-bond donors (Lipinski definition) is 2. The number of thiazole rings is 1. The molecule has 1 aromatic rings. The number of nitrogens with zero attached hydrogens (tertiary/aromatic N) is 1. The van der Waals surface area contributed by atoms with E-state index in [1.807, 2.05) is 0 Å². The van der Waals surface area contributed by atoms with Gasteiger partial charge in [0.25, 0.3) is 5.78 Å². The Morgan fingerprint density at radius 3 is 2.50 bits per heavy atom. The molecule has 1 rings (SSSR count). The fraction of sp³-hybridized carbons (Fsp3) is 0. The number of carbonyl (C=O) groups excluding carboxylic acids is 1. The second-order valence-corrected chi connectivity index (χ2v) is 3.44. The van der Waals surface area contributed by atoms with Gasteiger partial charge >= 0.3 is 5.97 Å². The van der Waals surface area contributed by atoms with Gasteiger partial charge in [0.05, 0.1) is 0 Å². The molecule has 0 aromatic carbocycles. The van der Waals surface area contributed by atoms with E-state index in [4.69, 9.17) is 22.4 Å². The predicted octanol–water partition coefficient (Wildman–Crippen LogP) is 0.646. The molecular weight excluding hydrogens is 204 g/mol. The molecule has 3 N–H and O–H groups in total. The summed E-state index contributed by atoms with van der Waals surface area (Å²) in [6.07, 6.45) is 0. The molecule has 5 nitrogen and oxygen atoms in total. The third kappa shape index (κ3) is 1.54. The summed E-state index contributed by atoms with van der Waals surface area (Å²) in [5, 5.41) is 8.36. The van der Waals surface area contributed by atoms with Crippen LogP contribution in [0.1, 0.15) is 10.5 Å². The van der Waals surface area contributed by atoms with Gasteiger partial charge in [0.15, 0.2) is 10.8 Å². The van der Waals surface area contributed by atoms with Crippen molar-refractivity contribution in [2.24, 2.45) is 0 Å². The van der Waals surface area contributed by atoms with Crippen LogP contribution in [0.5, 0.6) is 0 Å². The minimum atomic E-state index is -1.60. The number of anilines is 1. The number of ketones is 1. The van der Waals surface area contributed by atoms with Crippen LogP contribution in [0, 0.1) is 0 Å². The van der Waals surface area contributed by atoms with E-state index in [-0.39, 0.29) is 15.2 Å². The average molecular weight is 207 g/mol. The Kier molecular flexibility index (Phi) is 2.30. The molecule has 1 aromatic heterocycles. The molecule has 0 fully saturated rings. The van der Waals surface area contributed by atoms with Crippen molar-refractivity contribution in [3.8, 4) is 0 Å². The van der Waals surface area contributed by atoms with E-state index in [9.17, 15) is 9.59 Å². The number of aliphatic carboxylic acids is 1. The normalized spacial score (nSPS) is 9.75. The maximum Gasteiger partial charge on any atom is 0.379 e. The molecule has 7 heteroatoms. The molecule has 64 valence electrons. The first-order chi connectivity index (χ1) is 5.52. The number of nitrogen functional groups attached to an aromatic ring is 1. The van der Waals surface area contributed by atoms with Gasteiger partial charge in [-0.15, -0.1) is 0 Å². The van der Waals surface area contributed by atoms with Crippen LogP contribution in [0.15, 0.2) is 0 Å². The van der Waals surface area contributed by atoms with Crippen molar-refractivity contribution in [2.75, 3.05) is 5.73 Å². The number of carboxylic acid groups (broad SMARTS) is 1. The van der Waals surface area contributed by atoms with E-state index in [1.165, 1.54) is 0 Å². The van der Waals surface area contributed by atoms with Gasteiger partial charge in [0.2, 0.25) is 0 Å². The highest BCUT2D eigenvalue weighted by Crippen LogP contribution is 2.25. The lowest BCUT2D eigenvalue weighted by atomic mass is 10.3. The first-order valence-corrected chi connectivity index (χ1v) is 3.91. The Labute approximate surface area is 75.8 Å². The Morgan fingerprint density at radius 1 is 1.58 bits per heavy atom. The van der Waals surface area contributed by atoms with Crippen LogP contribution in [-0.2, 0) is 4.79 Å². The summed E-state index contributed by atoms with van der Waals surface area (Å²) < 4.78 is -0.0000926. The molecule has 0 unspecified atom stereocenters. The molecule has 0 amide bonds. The zero-order valence-corrected chi connectivity index (χ0v) is 7.15. The molecule has 0 bridgehead atoms. The summed E-state index contributed by atoms with van der Waals surface area (Å²) in [6, 6.07) is 0. The fourth-order valence-corrected chi connectivity index (χ4v) is 1.48. The first-order valence-electron chi connectivity index (χ1n) is 2.71. The largest absolute Gasteiger partial charge is 0.475 e. The second-order valence-electron chi connectivity index (χ2n) is 1.81. The maximum absolute atomic E-state index is 10.8. The number of carbonyl (C=O) groups is 2. The summed E-state index contributed by atoms with van der Waals surface area (Å²) in [5.41, 5.74) is 4.90. The van der Waals surface area contributed by atoms with E-state index in [0.717, 1.165) is 11.3 Å². The predicted molar refractivity (Wildman–Crippen MR) is 43.5 cm³/mol. The highest BCUT2D eigenvalue weighted by molar-refractivity contribution is 7.19. The molecule has 0 saturated carbocycles. The minimum absolute atomic E-state index is 0.0000926. The SMILES string of the molecule is Nc1nc(C(=O)C(=O)O)c(Cl)s1. The molecule has 0 radical (unpaired) electrons. The lowest BCUT2D eigenvalue weighted by Crippen LogP contribution is -2.13. The maximum atomic E-state index is 10.8. The second kappa shape index (κ2) is 3.08. The summed E-state index contributed by atoms with van der Waals surface area (Å²) in [4.78, 5) is 24.4. The first kappa shape index (κ1) is 8.95. The number of carboxylic acids is 1. The average Bonchev–Trinajstić information content (AvgIpc) is 2.28. The fourth-order valence-electron chi connectivity index (χ4n) is 0.558. The number of hydrogen-bond acceptors (Lipinski definition) is 5. The summed E-state index contributed by atoms with van der Waals surface area (Å²) in [6.45, 7) is 0. The van der Waals surface area contributed by atoms with Crippen molar-refractivity contribution in [1.29, 1.82) is 0 Å². The van der Waals surface area contributed by atoms with Gasteiger partial charge in [0.1, 0.15) is 4.34 Å². The summed E-state index contributed by atoms with van der Waals surface area (Å²) >= 11 is 6.34. The molecule has 0 atom stereocenters. The van der Waals surface area contributed by atoms with Gasteiger partial charge in [-0.1, -0.05) is 22.9 Å². The van der Waals surface area contributed by atoms with Crippen molar-refractivity contribution >= 4 is 39.8 Å². The van der Waals surface area contributed by atoms with Crippen LogP contribution in [0.3, 0.4) is 0 Å². The third-order valence-corrected chi connectivity index (χ3v) is 2.10. The standard InChI is InChI=1S/C5H3ClN2O3S/c6-3-1(2(9)4(10)11)8-5(7)12-3/h(H2,7,8)(H,10,11). The quantitative estimate of drug-likeness (QED) is 0.547. The molecule has 0 aliphatic heterocycles. The van der Waals surface area contributed by atoms with Crippen LogP contribution in [-0.4, -0.2) is 21.8 Å². The van der Waals surface area contributed by atoms with Crippen molar-refractivity contribution in [2.45, 2.75) is 0 Å². The van der Waals surface area contributed by atoms with Gasteiger partial charge in [-0.3, -0.25) is 4.79 Å². The highest BCUT2D eigenvalue weighted by atomic mass is 35.5. The van der Waals surface area contributed by atoms with Crippen molar-refractivity contribution in [3.05, 3.63) is 10.0 Å². The molecule has 0 aliphatic carbocycles. The topological polar surface area (TPSA) is 93.3 Å². The summed E-state index contributed by atoms with van der Waals surface area (Å²) in [5.74, 6) is -2.74. The Balaban J connectivity index is 3.11. The van der Waals surface area contributed by atoms with Gasteiger partial charge in [0, 0.05) is 0 Å². The van der Waals surface area contributed by atoms with Crippen LogP contribution < -0.4 is 5.73 Å². The van der Waals surface area contributed by atoms with Gasteiger partial charge < -0.3 is 10.8 Å². The lowest BCUT2D eigenvalue weighted by molar-refractivity contribution is -0.131. The van der Waals surface area contributed by atoms with Crippen LogP contribution in [0.2, 0.25) is 4.34 Å². The molecule has 0 spiro atoms. The molecular formula is C5H3ClN2O3S. The number of halogens is 1. The van der Waals surface area contributed by atoms with Gasteiger partial charge in [-0.25, -0.2) is 9.78 Å². The molecule has 1 heterocycles. The Bertz CT molecular complexity index is 348. The third-order valence-electron chi connectivity index (χ3n) is 1.01. The molecule has 0 saturated heterocycles. The number of nitrogens with two attached hydrogens (primary N) is 1.